The first kappa shape index (κ1) is 19.4. The highest BCUT2D eigenvalue weighted by Gasteiger charge is 2.23. The quantitative estimate of drug-likeness (QED) is 0.533. The lowest BCUT2D eigenvalue weighted by Gasteiger charge is -2.28. The smallest absolute Gasteiger partial charge is 0.135 e. The van der Waals surface area contributed by atoms with Gasteiger partial charge in [0, 0.05) is 53.0 Å². The van der Waals surface area contributed by atoms with Gasteiger partial charge in [-0.05, 0) is 30.3 Å². The van der Waals surface area contributed by atoms with Crippen molar-refractivity contribution < 1.29 is 4.42 Å². The Labute approximate surface area is 175 Å². The van der Waals surface area contributed by atoms with E-state index in [2.05, 4.69) is 30.7 Å². The number of furan rings is 1. The van der Waals surface area contributed by atoms with Gasteiger partial charge >= 0.3 is 0 Å². The molecule has 2 aromatic heterocycles. The Morgan fingerprint density at radius 1 is 1.14 bits per heavy atom. The fourth-order valence-corrected chi connectivity index (χ4v) is 3.89. The summed E-state index contributed by atoms with van der Waals surface area (Å²) in [6.07, 6.45) is 2.91. The van der Waals surface area contributed by atoms with E-state index in [-0.39, 0.29) is 5.41 Å². The first-order valence-electron chi connectivity index (χ1n) is 9.41. The molecule has 1 aliphatic rings. The fraction of sp³-hybridized carbons (Fsp3) is 0.364. The lowest BCUT2D eigenvalue weighted by molar-refractivity contribution is 0.223. The Morgan fingerprint density at radius 2 is 1.96 bits per heavy atom. The van der Waals surface area contributed by atoms with Crippen LogP contribution < -0.4 is 0 Å². The van der Waals surface area contributed by atoms with Crippen molar-refractivity contribution >= 4 is 23.2 Å². The summed E-state index contributed by atoms with van der Waals surface area (Å²) in [5, 5.41) is 1.21. The fourth-order valence-electron chi connectivity index (χ4n) is 3.39. The molecule has 0 spiro atoms. The van der Waals surface area contributed by atoms with Gasteiger partial charge in [0.05, 0.1) is 11.6 Å². The minimum Gasteiger partial charge on any atom is -0.460 e. The second kappa shape index (κ2) is 7.51. The van der Waals surface area contributed by atoms with Crippen molar-refractivity contribution in [1.29, 1.82) is 0 Å². The number of halogens is 2. The van der Waals surface area contributed by atoms with Crippen molar-refractivity contribution in [1.82, 2.24) is 14.9 Å². The largest absolute Gasteiger partial charge is 0.460 e. The first-order valence-corrected chi connectivity index (χ1v) is 10.2. The van der Waals surface area contributed by atoms with Gasteiger partial charge in [0.2, 0.25) is 0 Å². The van der Waals surface area contributed by atoms with Crippen LogP contribution in [0.5, 0.6) is 0 Å². The predicted octanol–water partition coefficient (Wildman–Crippen LogP) is 5.90. The van der Waals surface area contributed by atoms with Gasteiger partial charge in [-0.1, -0.05) is 44.0 Å². The van der Waals surface area contributed by atoms with E-state index in [1.54, 1.807) is 6.07 Å². The van der Waals surface area contributed by atoms with Crippen LogP contribution >= 0.6 is 23.2 Å². The molecule has 0 bridgehead atoms. The molecule has 0 saturated heterocycles. The van der Waals surface area contributed by atoms with Crippen molar-refractivity contribution in [3.05, 3.63) is 69.4 Å². The van der Waals surface area contributed by atoms with E-state index in [4.69, 9.17) is 32.6 Å². The van der Waals surface area contributed by atoms with E-state index in [1.807, 2.05) is 30.5 Å². The highest BCUT2D eigenvalue weighted by Crippen LogP contribution is 2.32. The Kier molecular flexibility index (Phi) is 5.21. The zero-order chi connectivity index (χ0) is 19.9. The summed E-state index contributed by atoms with van der Waals surface area (Å²) >= 11 is 12.3. The molecule has 0 amide bonds. The first-order chi connectivity index (χ1) is 13.3. The van der Waals surface area contributed by atoms with E-state index in [9.17, 15) is 0 Å². The van der Waals surface area contributed by atoms with Crippen LogP contribution in [0, 0.1) is 0 Å². The molecule has 4 rings (SSSR count). The van der Waals surface area contributed by atoms with Crippen molar-refractivity contribution in [2.24, 2.45) is 0 Å². The molecule has 4 nitrogen and oxygen atoms in total. The molecule has 0 unspecified atom stereocenters. The van der Waals surface area contributed by atoms with Gasteiger partial charge in [-0.2, -0.15) is 0 Å². The number of hydrogen-bond acceptors (Lipinski definition) is 4. The van der Waals surface area contributed by atoms with E-state index in [0.29, 0.717) is 10.0 Å². The van der Waals surface area contributed by atoms with Gasteiger partial charge in [0.15, 0.2) is 0 Å². The van der Waals surface area contributed by atoms with Crippen LogP contribution in [0.3, 0.4) is 0 Å². The second-order valence-corrected chi connectivity index (χ2v) is 9.11. The minimum atomic E-state index is -0.0281. The molecule has 0 aliphatic carbocycles. The van der Waals surface area contributed by atoms with Crippen LogP contribution in [0.25, 0.3) is 11.3 Å². The molecule has 1 aromatic carbocycles. The molecule has 0 radical (unpaired) electrons. The van der Waals surface area contributed by atoms with Crippen LogP contribution in [0.4, 0.5) is 0 Å². The molecule has 3 aromatic rings. The molecule has 146 valence electrons. The minimum absolute atomic E-state index is 0.0281. The highest BCUT2D eigenvalue weighted by molar-refractivity contribution is 6.36. The third-order valence-corrected chi connectivity index (χ3v) is 5.47. The van der Waals surface area contributed by atoms with Crippen LogP contribution in [-0.4, -0.2) is 21.4 Å². The molecule has 0 saturated carbocycles. The molecule has 28 heavy (non-hydrogen) atoms. The summed E-state index contributed by atoms with van der Waals surface area (Å²) in [7, 11) is 0. The molecule has 0 atom stereocenters. The Morgan fingerprint density at radius 3 is 2.71 bits per heavy atom. The zero-order valence-electron chi connectivity index (χ0n) is 16.3. The molecular formula is C22H23Cl2N3O. The Hall–Kier alpha value is -1.88. The number of rotatable bonds is 3. The third-order valence-electron chi connectivity index (χ3n) is 4.92. The highest BCUT2D eigenvalue weighted by atomic mass is 35.5. The van der Waals surface area contributed by atoms with Gasteiger partial charge in [0.1, 0.15) is 17.3 Å². The normalized spacial score (nSPS) is 14.9. The maximum atomic E-state index is 6.30. The molecule has 0 N–H and O–H groups in total. The number of benzene rings is 1. The SMILES string of the molecule is CC(C)(C)c1ncc2c(n1)CCN(Cc1ccc(-c3ccc(Cl)cc3Cl)o1)C2. The predicted molar refractivity (Wildman–Crippen MR) is 113 cm³/mol. The summed E-state index contributed by atoms with van der Waals surface area (Å²) in [6.45, 7) is 8.95. The summed E-state index contributed by atoms with van der Waals surface area (Å²) < 4.78 is 6.04. The number of aromatic nitrogens is 2. The van der Waals surface area contributed by atoms with E-state index in [1.165, 1.54) is 11.3 Å². The van der Waals surface area contributed by atoms with Crippen LogP contribution in [0.2, 0.25) is 10.0 Å². The maximum absolute atomic E-state index is 6.30. The number of fused-ring (bicyclic) bond motifs is 1. The lowest BCUT2D eigenvalue weighted by Crippen LogP contribution is -2.31. The second-order valence-electron chi connectivity index (χ2n) is 8.27. The van der Waals surface area contributed by atoms with Crippen molar-refractivity contribution in [3.63, 3.8) is 0 Å². The molecule has 1 aliphatic heterocycles. The third kappa shape index (κ3) is 4.09. The molecule has 3 heterocycles. The topological polar surface area (TPSA) is 42.2 Å². The summed E-state index contributed by atoms with van der Waals surface area (Å²) in [5.74, 6) is 2.58. The molecule has 0 fully saturated rings. The van der Waals surface area contributed by atoms with E-state index >= 15 is 0 Å². The average Bonchev–Trinajstić information content (AvgIpc) is 3.08. The Bertz CT molecular complexity index is 1010. The van der Waals surface area contributed by atoms with Gasteiger partial charge in [-0.15, -0.1) is 0 Å². The van der Waals surface area contributed by atoms with Crippen molar-refractivity contribution in [3.8, 4) is 11.3 Å². The van der Waals surface area contributed by atoms with E-state index in [0.717, 1.165) is 49.0 Å². The van der Waals surface area contributed by atoms with Crippen molar-refractivity contribution in [2.45, 2.75) is 45.7 Å². The average molecular weight is 416 g/mol. The lowest BCUT2D eigenvalue weighted by atomic mass is 9.95. The summed E-state index contributed by atoms with van der Waals surface area (Å²) in [5.41, 5.74) is 3.19. The van der Waals surface area contributed by atoms with Gasteiger partial charge in [-0.3, -0.25) is 4.90 Å². The maximum Gasteiger partial charge on any atom is 0.135 e. The monoisotopic (exact) mass is 415 g/mol. The zero-order valence-corrected chi connectivity index (χ0v) is 17.8. The number of nitrogens with zero attached hydrogens (tertiary/aromatic N) is 3. The standard InChI is InChI=1S/C22H23Cl2N3O/c1-22(2,3)21-25-11-14-12-27(9-8-19(14)26-21)13-16-5-7-20(28-16)17-6-4-15(23)10-18(17)24/h4-7,10-11H,8-9,12-13H2,1-3H3. The van der Waals surface area contributed by atoms with Crippen LogP contribution in [-0.2, 0) is 24.9 Å². The summed E-state index contributed by atoms with van der Waals surface area (Å²) in [6, 6.07) is 9.40. The number of hydrogen-bond donors (Lipinski definition) is 0. The van der Waals surface area contributed by atoms with Gasteiger partial charge < -0.3 is 4.42 Å². The van der Waals surface area contributed by atoms with Gasteiger partial charge in [-0.25, -0.2) is 9.97 Å². The van der Waals surface area contributed by atoms with Crippen LogP contribution in [0.1, 0.15) is 43.6 Å². The molecular weight excluding hydrogens is 393 g/mol. The molecule has 6 heteroatoms. The van der Waals surface area contributed by atoms with Crippen LogP contribution in [0.15, 0.2) is 40.9 Å². The van der Waals surface area contributed by atoms with E-state index < -0.39 is 0 Å². The summed E-state index contributed by atoms with van der Waals surface area (Å²) in [4.78, 5) is 11.7. The van der Waals surface area contributed by atoms with Gasteiger partial charge in [0.25, 0.3) is 0 Å². The Balaban J connectivity index is 1.47. The van der Waals surface area contributed by atoms with Crippen molar-refractivity contribution in [2.75, 3.05) is 6.54 Å².